The first-order chi connectivity index (χ1) is 7.22. The highest BCUT2D eigenvalue weighted by atomic mass is 16.7. The van der Waals surface area contributed by atoms with Crippen molar-refractivity contribution < 1.29 is 9.47 Å². The molecule has 1 fully saturated rings. The number of hydrogen-bond acceptors (Lipinski definition) is 2. The van der Waals surface area contributed by atoms with E-state index in [9.17, 15) is 0 Å². The summed E-state index contributed by atoms with van der Waals surface area (Å²) in [5.41, 5.74) is 0.251. The van der Waals surface area contributed by atoms with E-state index in [-0.39, 0.29) is 17.3 Å². The fraction of sp³-hybridized carbons (Fsp3) is 1.00. The third kappa shape index (κ3) is 4.42. The predicted molar refractivity (Wildman–Crippen MR) is 67.4 cm³/mol. The Kier molecular flexibility index (Phi) is 4.42. The van der Waals surface area contributed by atoms with Gasteiger partial charge < -0.3 is 9.47 Å². The number of ether oxygens (including phenoxy) is 2. The van der Waals surface area contributed by atoms with Gasteiger partial charge in [0.25, 0.3) is 0 Å². The highest BCUT2D eigenvalue weighted by Gasteiger charge is 2.42. The molecule has 2 nitrogen and oxygen atoms in total. The smallest absolute Gasteiger partial charge is 0.169 e. The highest BCUT2D eigenvalue weighted by molar-refractivity contribution is 4.83. The van der Waals surface area contributed by atoms with Gasteiger partial charge in [-0.05, 0) is 24.7 Å². The molecule has 0 aliphatic carbocycles. The predicted octanol–water partition coefficient (Wildman–Crippen LogP) is 3.99. The zero-order valence-corrected chi connectivity index (χ0v) is 11.8. The monoisotopic (exact) mass is 228 g/mol. The molecule has 2 heteroatoms. The first-order valence-corrected chi connectivity index (χ1v) is 6.54. The maximum atomic E-state index is 6.05. The molecule has 16 heavy (non-hydrogen) atoms. The highest BCUT2D eigenvalue weighted by Crippen LogP contribution is 2.39. The van der Waals surface area contributed by atoms with E-state index in [0.29, 0.717) is 5.92 Å². The molecule has 1 rings (SSSR count). The summed E-state index contributed by atoms with van der Waals surface area (Å²) in [6.07, 6.45) is 3.42. The second-order valence-corrected chi connectivity index (χ2v) is 6.82. The van der Waals surface area contributed by atoms with Gasteiger partial charge in [-0.3, -0.25) is 0 Å². The van der Waals surface area contributed by atoms with Crippen LogP contribution in [-0.2, 0) is 9.47 Å². The van der Waals surface area contributed by atoms with Crippen molar-refractivity contribution in [1.82, 2.24) is 0 Å². The van der Waals surface area contributed by atoms with Gasteiger partial charge in [0.15, 0.2) is 5.79 Å². The fourth-order valence-corrected chi connectivity index (χ4v) is 2.33. The second kappa shape index (κ2) is 5.05. The molecule has 0 aromatic heterocycles. The average molecular weight is 228 g/mol. The zero-order chi connectivity index (χ0) is 12.4. The van der Waals surface area contributed by atoms with Crippen molar-refractivity contribution in [2.45, 2.75) is 72.7 Å². The van der Waals surface area contributed by atoms with Crippen LogP contribution in [0.2, 0.25) is 0 Å². The molecule has 0 radical (unpaired) electrons. The normalized spacial score (nSPS) is 31.3. The van der Waals surface area contributed by atoms with Crippen LogP contribution >= 0.6 is 0 Å². The van der Waals surface area contributed by atoms with Crippen LogP contribution in [0.25, 0.3) is 0 Å². The molecule has 0 N–H and O–H groups in total. The van der Waals surface area contributed by atoms with Gasteiger partial charge in [0.05, 0.1) is 12.7 Å². The van der Waals surface area contributed by atoms with Crippen molar-refractivity contribution in [1.29, 1.82) is 0 Å². The van der Waals surface area contributed by atoms with Gasteiger partial charge >= 0.3 is 0 Å². The molecule has 0 aromatic carbocycles. The quantitative estimate of drug-likeness (QED) is 0.724. The maximum absolute atomic E-state index is 6.05. The van der Waals surface area contributed by atoms with Crippen LogP contribution in [0.4, 0.5) is 0 Å². The number of hydrogen-bond donors (Lipinski definition) is 0. The lowest BCUT2D eigenvalue weighted by Gasteiger charge is -2.34. The minimum Gasteiger partial charge on any atom is -0.347 e. The molecule has 0 bridgehead atoms. The van der Waals surface area contributed by atoms with Gasteiger partial charge in [0.2, 0.25) is 0 Å². The van der Waals surface area contributed by atoms with Gasteiger partial charge in [-0.25, -0.2) is 0 Å². The molecule has 96 valence electrons. The Bertz CT molecular complexity index is 217. The van der Waals surface area contributed by atoms with Crippen LogP contribution in [-0.4, -0.2) is 18.5 Å². The van der Waals surface area contributed by atoms with Crippen LogP contribution < -0.4 is 0 Å². The summed E-state index contributed by atoms with van der Waals surface area (Å²) in [5.74, 6) is 0.391. The Morgan fingerprint density at radius 2 is 1.94 bits per heavy atom. The van der Waals surface area contributed by atoms with Gasteiger partial charge in [0.1, 0.15) is 0 Å². The zero-order valence-electron chi connectivity index (χ0n) is 11.8. The van der Waals surface area contributed by atoms with Crippen molar-refractivity contribution in [3.63, 3.8) is 0 Å². The minimum absolute atomic E-state index is 0.245. The molecule has 0 amide bonds. The summed E-state index contributed by atoms with van der Waals surface area (Å²) in [5, 5.41) is 0. The third-order valence-electron chi connectivity index (χ3n) is 2.90. The Morgan fingerprint density at radius 3 is 2.31 bits per heavy atom. The first kappa shape index (κ1) is 14.0. The Labute approximate surface area is 101 Å². The van der Waals surface area contributed by atoms with Crippen LogP contribution in [0.3, 0.4) is 0 Å². The van der Waals surface area contributed by atoms with Crippen LogP contribution in [0.15, 0.2) is 0 Å². The summed E-state index contributed by atoms with van der Waals surface area (Å²) >= 11 is 0. The third-order valence-corrected chi connectivity index (χ3v) is 2.90. The molecule has 0 saturated carbocycles. The standard InChI is InChI=1S/C14H28O2/c1-11(2)7-8-14(10-13(4,5)6)15-9-12(3)16-14/h11-12H,7-10H2,1-6H3. The first-order valence-electron chi connectivity index (χ1n) is 6.54. The Morgan fingerprint density at radius 1 is 1.31 bits per heavy atom. The van der Waals surface area contributed by atoms with Crippen molar-refractivity contribution in [3.8, 4) is 0 Å². The van der Waals surface area contributed by atoms with Crippen molar-refractivity contribution in [2.75, 3.05) is 6.61 Å². The number of rotatable bonds is 4. The van der Waals surface area contributed by atoms with E-state index in [1.54, 1.807) is 0 Å². The maximum Gasteiger partial charge on any atom is 0.169 e. The Balaban J connectivity index is 2.62. The summed E-state index contributed by atoms with van der Waals surface area (Å²) in [4.78, 5) is 0. The molecule has 1 aliphatic rings. The Hall–Kier alpha value is -0.0800. The van der Waals surface area contributed by atoms with Crippen LogP contribution in [0, 0.1) is 11.3 Å². The van der Waals surface area contributed by atoms with E-state index >= 15 is 0 Å². The molecule has 2 atom stereocenters. The van der Waals surface area contributed by atoms with E-state index in [1.807, 2.05) is 0 Å². The molecular formula is C14H28O2. The topological polar surface area (TPSA) is 18.5 Å². The van der Waals surface area contributed by atoms with E-state index < -0.39 is 0 Å². The van der Waals surface area contributed by atoms with E-state index in [1.165, 1.54) is 6.42 Å². The molecular weight excluding hydrogens is 200 g/mol. The molecule has 1 aliphatic heterocycles. The molecule has 0 spiro atoms. The van der Waals surface area contributed by atoms with Crippen LogP contribution in [0.1, 0.15) is 60.8 Å². The van der Waals surface area contributed by atoms with E-state index in [0.717, 1.165) is 19.4 Å². The average Bonchev–Trinajstić information content (AvgIpc) is 2.42. The van der Waals surface area contributed by atoms with Gasteiger partial charge in [-0.15, -0.1) is 0 Å². The van der Waals surface area contributed by atoms with Crippen LogP contribution in [0.5, 0.6) is 0 Å². The van der Waals surface area contributed by atoms with Gasteiger partial charge in [-0.2, -0.15) is 0 Å². The molecule has 2 unspecified atom stereocenters. The van der Waals surface area contributed by atoms with Gasteiger partial charge in [-0.1, -0.05) is 34.6 Å². The lowest BCUT2D eigenvalue weighted by molar-refractivity contribution is -0.191. The van der Waals surface area contributed by atoms with Crippen molar-refractivity contribution >= 4 is 0 Å². The molecule has 1 saturated heterocycles. The summed E-state index contributed by atoms with van der Waals surface area (Å²) in [7, 11) is 0. The van der Waals surface area contributed by atoms with Crippen molar-refractivity contribution in [3.05, 3.63) is 0 Å². The molecule has 1 heterocycles. The summed E-state index contributed by atoms with van der Waals surface area (Å²) < 4.78 is 12.0. The SMILES string of the molecule is CC(C)CCC1(CC(C)(C)C)OCC(C)O1. The lowest BCUT2D eigenvalue weighted by Crippen LogP contribution is -2.36. The van der Waals surface area contributed by atoms with E-state index in [2.05, 4.69) is 41.5 Å². The second-order valence-electron chi connectivity index (χ2n) is 6.82. The summed E-state index contributed by atoms with van der Waals surface area (Å²) in [6.45, 7) is 14.1. The fourth-order valence-electron chi connectivity index (χ4n) is 2.33. The van der Waals surface area contributed by atoms with Crippen molar-refractivity contribution in [2.24, 2.45) is 11.3 Å². The summed E-state index contributed by atoms with van der Waals surface area (Å²) in [6, 6.07) is 0. The minimum atomic E-state index is -0.318. The molecule has 0 aromatic rings. The van der Waals surface area contributed by atoms with E-state index in [4.69, 9.17) is 9.47 Å². The lowest BCUT2D eigenvalue weighted by atomic mass is 9.85. The van der Waals surface area contributed by atoms with Gasteiger partial charge in [0, 0.05) is 12.8 Å². The largest absolute Gasteiger partial charge is 0.347 e.